The van der Waals surface area contributed by atoms with E-state index < -0.39 is 34.6 Å². The number of nitrogens with zero attached hydrogens (tertiary/aromatic N) is 3. The molecule has 1 fully saturated rings. The standard InChI is InChI=1S/C19H12N4O6/c1-22-17-14(18(25)21-19(22)26)12(10-6-7-11(29-10)23(27)28)13-15(20-17)8-4-2-3-5-9(8)16(13)24/h2-7,12,14H,1H3,(H,21,25,26). The molecule has 2 atom stereocenters. The molecule has 0 saturated carbocycles. The number of hydrogen-bond donors (Lipinski definition) is 1. The molecule has 1 aromatic carbocycles. The van der Waals surface area contributed by atoms with Crippen LogP contribution in [0, 0.1) is 16.0 Å². The number of carbonyl (C=O) groups excluding carboxylic acids is 3. The van der Waals surface area contributed by atoms with E-state index >= 15 is 0 Å². The Morgan fingerprint density at radius 1 is 1.10 bits per heavy atom. The molecule has 144 valence electrons. The summed E-state index contributed by atoms with van der Waals surface area (Å²) in [5.41, 5.74) is 1.56. The summed E-state index contributed by atoms with van der Waals surface area (Å²) >= 11 is 0. The number of nitrogens with one attached hydrogen (secondary N) is 1. The van der Waals surface area contributed by atoms with Gasteiger partial charge in [0.1, 0.15) is 22.4 Å². The number of allylic oxidation sites excluding steroid dienone is 1. The van der Waals surface area contributed by atoms with Crippen molar-refractivity contribution >= 4 is 35.1 Å². The van der Waals surface area contributed by atoms with Crippen LogP contribution in [-0.2, 0) is 4.79 Å². The van der Waals surface area contributed by atoms with Gasteiger partial charge in [-0.15, -0.1) is 0 Å². The number of imide groups is 1. The second-order valence-corrected chi connectivity index (χ2v) is 6.85. The normalized spacial score (nSPS) is 22.7. The van der Waals surface area contributed by atoms with Crippen molar-refractivity contribution in [3.63, 3.8) is 0 Å². The second-order valence-electron chi connectivity index (χ2n) is 6.85. The van der Waals surface area contributed by atoms with Gasteiger partial charge >= 0.3 is 11.9 Å². The number of nitro groups is 1. The molecule has 3 amide bonds. The number of Topliss-reactive ketones (excluding diaryl/α,β-unsaturated/α-hetero) is 1. The van der Waals surface area contributed by atoms with Gasteiger partial charge in [-0.3, -0.25) is 29.9 Å². The van der Waals surface area contributed by atoms with Crippen molar-refractivity contribution in [1.82, 2.24) is 10.2 Å². The van der Waals surface area contributed by atoms with Crippen molar-refractivity contribution in [2.24, 2.45) is 10.9 Å². The molecule has 29 heavy (non-hydrogen) atoms. The Labute approximate surface area is 162 Å². The fourth-order valence-electron chi connectivity index (χ4n) is 4.03. The molecule has 5 rings (SSSR count). The van der Waals surface area contributed by atoms with Crippen LogP contribution in [0.2, 0.25) is 0 Å². The summed E-state index contributed by atoms with van der Waals surface area (Å²) in [4.78, 5) is 54.1. The van der Waals surface area contributed by atoms with E-state index in [4.69, 9.17) is 4.42 Å². The predicted molar refractivity (Wildman–Crippen MR) is 98.0 cm³/mol. The van der Waals surface area contributed by atoms with E-state index in [0.717, 1.165) is 0 Å². The number of amides is 3. The van der Waals surface area contributed by atoms with Gasteiger partial charge in [0, 0.05) is 23.7 Å². The van der Waals surface area contributed by atoms with Gasteiger partial charge < -0.3 is 4.42 Å². The Bertz CT molecular complexity index is 1210. The average molecular weight is 392 g/mol. The minimum atomic E-state index is -1.04. The van der Waals surface area contributed by atoms with Crippen LogP contribution < -0.4 is 5.32 Å². The number of rotatable bonds is 2. The minimum Gasteiger partial charge on any atom is -0.405 e. The van der Waals surface area contributed by atoms with E-state index in [2.05, 4.69) is 10.3 Å². The maximum Gasteiger partial charge on any atom is 0.433 e. The van der Waals surface area contributed by atoms with E-state index in [-0.39, 0.29) is 23.0 Å². The van der Waals surface area contributed by atoms with Crippen molar-refractivity contribution in [1.29, 1.82) is 0 Å². The molecule has 1 saturated heterocycles. The van der Waals surface area contributed by atoms with Crippen LogP contribution in [0.25, 0.3) is 5.70 Å². The Morgan fingerprint density at radius 3 is 2.52 bits per heavy atom. The first-order valence-corrected chi connectivity index (χ1v) is 8.68. The molecule has 10 nitrogen and oxygen atoms in total. The second kappa shape index (κ2) is 5.71. The van der Waals surface area contributed by atoms with E-state index in [9.17, 15) is 24.5 Å². The zero-order valence-electron chi connectivity index (χ0n) is 14.9. The first-order valence-electron chi connectivity index (χ1n) is 8.68. The lowest BCUT2D eigenvalue weighted by atomic mass is 9.78. The molecular weight excluding hydrogens is 380 g/mol. The molecule has 1 N–H and O–H groups in total. The predicted octanol–water partition coefficient (Wildman–Crippen LogP) is 2.09. The zero-order chi connectivity index (χ0) is 20.4. The number of urea groups is 1. The topological polar surface area (TPSA) is 135 Å². The molecule has 2 aliphatic heterocycles. The third kappa shape index (κ3) is 2.22. The van der Waals surface area contributed by atoms with E-state index in [1.165, 1.54) is 24.1 Å². The van der Waals surface area contributed by atoms with Crippen LogP contribution in [0.15, 0.2) is 51.4 Å². The largest absolute Gasteiger partial charge is 0.433 e. The van der Waals surface area contributed by atoms with Crippen molar-refractivity contribution < 1.29 is 23.7 Å². The molecule has 2 aromatic rings. The molecule has 3 aliphatic rings. The molecule has 0 spiro atoms. The fourth-order valence-corrected chi connectivity index (χ4v) is 4.03. The number of aliphatic imine (C=N–C) groups is 1. The molecule has 3 heterocycles. The SMILES string of the molecule is CN1C(=O)NC(=O)C2C1=NC1=C(C(=O)c3ccccc31)C2c1ccc([N+](=O)[O-])o1. The van der Waals surface area contributed by atoms with Crippen LogP contribution in [0.1, 0.15) is 27.6 Å². The lowest BCUT2D eigenvalue weighted by Gasteiger charge is -2.37. The number of ketones is 1. The van der Waals surface area contributed by atoms with Crippen molar-refractivity contribution in [3.05, 3.63) is 69.0 Å². The monoisotopic (exact) mass is 392 g/mol. The Kier molecular flexibility index (Phi) is 3.36. The highest BCUT2D eigenvalue weighted by Gasteiger charge is 2.52. The number of fused-ring (bicyclic) bond motifs is 3. The van der Waals surface area contributed by atoms with Gasteiger partial charge in [0.25, 0.3) is 0 Å². The number of furan rings is 1. The molecule has 10 heteroatoms. The van der Waals surface area contributed by atoms with E-state index in [1.807, 2.05) is 0 Å². The molecule has 0 radical (unpaired) electrons. The molecule has 0 bridgehead atoms. The first-order chi connectivity index (χ1) is 13.9. The summed E-state index contributed by atoms with van der Waals surface area (Å²) in [6.07, 6.45) is 0. The molecular formula is C19H12N4O6. The minimum absolute atomic E-state index is 0.0839. The lowest BCUT2D eigenvalue weighted by molar-refractivity contribution is -0.402. The lowest BCUT2D eigenvalue weighted by Crippen LogP contribution is -2.58. The molecule has 1 aromatic heterocycles. The zero-order valence-corrected chi connectivity index (χ0v) is 14.9. The summed E-state index contributed by atoms with van der Waals surface area (Å²) in [5, 5.41) is 13.3. The smallest absolute Gasteiger partial charge is 0.405 e. The third-order valence-electron chi connectivity index (χ3n) is 5.34. The first kappa shape index (κ1) is 17.0. The number of hydrogen-bond acceptors (Lipinski definition) is 7. The van der Waals surface area contributed by atoms with Crippen LogP contribution in [0.3, 0.4) is 0 Å². The maximum atomic E-state index is 13.2. The van der Waals surface area contributed by atoms with Gasteiger partial charge in [0.05, 0.1) is 17.7 Å². The highest BCUT2D eigenvalue weighted by molar-refractivity contribution is 6.27. The van der Waals surface area contributed by atoms with E-state index in [1.54, 1.807) is 24.3 Å². The highest BCUT2D eigenvalue weighted by atomic mass is 16.6. The number of carbonyl (C=O) groups is 3. The number of amidine groups is 1. The summed E-state index contributed by atoms with van der Waals surface area (Å²) in [6, 6.07) is 8.74. The summed E-state index contributed by atoms with van der Waals surface area (Å²) in [5.74, 6) is -3.23. The molecule has 2 unspecified atom stereocenters. The summed E-state index contributed by atoms with van der Waals surface area (Å²) in [7, 11) is 1.46. The fraction of sp³-hybridized carbons (Fsp3) is 0.158. The van der Waals surface area contributed by atoms with Gasteiger partial charge in [-0.05, 0) is 6.07 Å². The van der Waals surface area contributed by atoms with Crippen molar-refractivity contribution in [3.8, 4) is 0 Å². The third-order valence-corrected chi connectivity index (χ3v) is 5.34. The highest BCUT2D eigenvalue weighted by Crippen LogP contribution is 2.49. The Balaban J connectivity index is 1.77. The van der Waals surface area contributed by atoms with Crippen LogP contribution in [0.4, 0.5) is 10.7 Å². The quantitative estimate of drug-likeness (QED) is 0.614. The maximum absolute atomic E-state index is 13.2. The molecule has 1 aliphatic carbocycles. The van der Waals surface area contributed by atoms with Gasteiger partial charge in [-0.1, -0.05) is 24.3 Å². The van der Waals surface area contributed by atoms with E-state index in [0.29, 0.717) is 16.8 Å². The van der Waals surface area contributed by atoms with Gasteiger partial charge in [0.2, 0.25) is 5.91 Å². The average Bonchev–Trinajstić information content (AvgIpc) is 3.30. The number of benzene rings is 1. The van der Waals surface area contributed by atoms with Gasteiger partial charge in [-0.2, -0.15) is 0 Å². The Morgan fingerprint density at radius 2 is 1.83 bits per heavy atom. The summed E-state index contributed by atoms with van der Waals surface area (Å²) < 4.78 is 5.38. The van der Waals surface area contributed by atoms with Gasteiger partial charge in [-0.25, -0.2) is 9.79 Å². The van der Waals surface area contributed by atoms with Gasteiger partial charge in [0.15, 0.2) is 5.78 Å². The van der Waals surface area contributed by atoms with Crippen molar-refractivity contribution in [2.45, 2.75) is 5.92 Å². The van der Waals surface area contributed by atoms with Crippen LogP contribution in [-0.4, -0.2) is 40.4 Å². The van der Waals surface area contributed by atoms with Crippen LogP contribution >= 0.6 is 0 Å². The van der Waals surface area contributed by atoms with Crippen LogP contribution in [0.5, 0.6) is 0 Å². The summed E-state index contributed by atoms with van der Waals surface area (Å²) in [6.45, 7) is 0. The Hall–Kier alpha value is -4.08. The van der Waals surface area contributed by atoms with Crippen molar-refractivity contribution in [2.75, 3.05) is 7.05 Å².